The van der Waals surface area contributed by atoms with Gasteiger partial charge in [-0.1, -0.05) is 214 Å². The summed E-state index contributed by atoms with van der Waals surface area (Å²) in [6, 6.07) is 29.7. The average molecular weight is 755 g/mol. The number of hydrogen-bond donors (Lipinski definition) is 0. The van der Waals surface area contributed by atoms with Crippen LogP contribution in [0.5, 0.6) is 0 Å². The fourth-order valence-corrected chi connectivity index (χ4v) is 14.3. The van der Waals surface area contributed by atoms with Crippen molar-refractivity contribution in [2.24, 2.45) is 0 Å². The first-order valence-electron chi connectivity index (χ1n) is 19.5. The van der Waals surface area contributed by atoms with E-state index in [2.05, 4.69) is 170 Å². The van der Waals surface area contributed by atoms with Gasteiger partial charge in [0.2, 0.25) is 0 Å². The van der Waals surface area contributed by atoms with Crippen LogP contribution in [0.4, 0.5) is 0 Å². The topological polar surface area (TPSA) is 0 Å². The van der Waals surface area contributed by atoms with Crippen LogP contribution in [0.25, 0.3) is 34.4 Å². The van der Waals surface area contributed by atoms with Crippen LogP contribution in [0.2, 0.25) is 78.6 Å². The Morgan fingerprint density at radius 3 is 1.51 bits per heavy atom. The molecule has 2 aliphatic carbocycles. The van der Waals surface area contributed by atoms with Crippen LogP contribution < -0.4 is 20.7 Å². The Balaban J connectivity index is 1.41. The van der Waals surface area contributed by atoms with Crippen molar-refractivity contribution in [1.82, 2.24) is 0 Å². The van der Waals surface area contributed by atoms with Crippen LogP contribution >= 0.6 is 0 Å². The largest absolute Gasteiger partial charge is 0.111 e. The Labute approximate surface area is 317 Å². The Bertz CT molecular complexity index is 1950. The van der Waals surface area contributed by atoms with E-state index in [-0.39, 0.29) is 0 Å². The van der Waals surface area contributed by atoms with E-state index in [1.165, 1.54) is 58.2 Å². The fraction of sp³-hybridized carbons (Fsp3) is 0.391. The SMILES string of the molecule is CCCCC1C([Si]C2=Cc3c(cccc3-c3cc([Si](C)(C)C)cc([Si](C)(C)C)c3)C2)=Cc2c(-c3cc([Si](C)(C)C)cc([Si](C)(C)C)c3)cccc21. The van der Waals surface area contributed by atoms with Gasteiger partial charge in [-0.3, -0.25) is 0 Å². The summed E-state index contributed by atoms with van der Waals surface area (Å²) in [4.78, 5) is 0. The number of rotatable bonds is 11. The smallest absolute Gasteiger partial charge is 0.0748 e. The number of fused-ring (bicyclic) bond motifs is 2. The molecular weight excluding hydrogens is 693 g/mol. The van der Waals surface area contributed by atoms with E-state index in [0.717, 1.165) is 15.9 Å². The van der Waals surface area contributed by atoms with Gasteiger partial charge < -0.3 is 0 Å². The van der Waals surface area contributed by atoms with Crippen LogP contribution in [-0.4, -0.2) is 41.8 Å². The maximum atomic E-state index is 2.64. The molecule has 0 nitrogen and oxygen atoms in total. The first-order valence-corrected chi connectivity index (χ1v) is 34.5. The van der Waals surface area contributed by atoms with Gasteiger partial charge in [0.1, 0.15) is 9.52 Å². The van der Waals surface area contributed by atoms with E-state index in [4.69, 9.17) is 0 Å². The highest BCUT2D eigenvalue weighted by atomic mass is 28.3. The molecule has 266 valence electrons. The minimum Gasteiger partial charge on any atom is -0.0748 e. The summed E-state index contributed by atoms with van der Waals surface area (Å²) in [5.74, 6) is 0.520. The summed E-state index contributed by atoms with van der Waals surface area (Å²) < 4.78 is 0. The molecule has 2 aliphatic rings. The van der Waals surface area contributed by atoms with Gasteiger partial charge in [-0.05, 0) is 57.3 Å². The first kappa shape index (κ1) is 38.2. The van der Waals surface area contributed by atoms with Gasteiger partial charge in [0, 0.05) is 5.92 Å². The average Bonchev–Trinajstić information content (AvgIpc) is 3.62. The van der Waals surface area contributed by atoms with Crippen molar-refractivity contribution in [3.05, 3.63) is 105 Å². The molecule has 51 heavy (non-hydrogen) atoms. The summed E-state index contributed by atoms with van der Waals surface area (Å²) in [5.41, 5.74) is 11.8. The Morgan fingerprint density at radius 1 is 0.569 bits per heavy atom. The molecule has 0 spiro atoms. The molecule has 0 saturated heterocycles. The third-order valence-electron chi connectivity index (χ3n) is 11.2. The predicted octanol–water partition coefficient (Wildman–Crippen LogP) is 11.1. The van der Waals surface area contributed by atoms with Crippen molar-refractivity contribution < 1.29 is 0 Å². The molecule has 4 aromatic rings. The first-order chi connectivity index (χ1) is 23.7. The van der Waals surface area contributed by atoms with Gasteiger partial charge in [0.05, 0.1) is 32.3 Å². The van der Waals surface area contributed by atoms with E-state index in [9.17, 15) is 0 Å². The lowest BCUT2D eigenvalue weighted by atomic mass is 9.91. The van der Waals surface area contributed by atoms with Gasteiger partial charge in [-0.15, -0.1) is 0 Å². The Kier molecular flexibility index (Phi) is 10.5. The molecule has 5 heteroatoms. The minimum atomic E-state index is -1.48. The molecule has 0 heterocycles. The maximum Gasteiger partial charge on any atom is 0.111 e. The molecule has 1 atom stereocenters. The van der Waals surface area contributed by atoms with Gasteiger partial charge in [-0.2, -0.15) is 0 Å². The van der Waals surface area contributed by atoms with Crippen LogP contribution in [0.15, 0.2) is 83.2 Å². The second kappa shape index (κ2) is 14.0. The lowest BCUT2D eigenvalue weighted by Crippen LogP contribution is -2.45. The van der Waals surface area contributed by atoms with Crippen molar-refractivity contribution in [1.29, 1.82) is 0 Å². The second-order valence-corrected chi connectivity index (χ2v) is 41.3. The van der Waals surface area contributed by atoms with E-state index in [1.807, 2.05) is 0 Å². The van der Waals surface area contributed by atoms with E-state index >= 15 is 0 Å². The highest BCUT2D eigenvalue weighted by molar-refractivity contribution is 6.92. The van der Waals surface area contributed by atoms with Gasteiger partial charge in [-0.25, -0.2) is 0 Å². The molecule has 1 unspecified atom stereocenters. The van der Waals surface area contributed by atoms with Gasteiger partial charge in [0.25, 0.3) is 0 Å². The van der Waals surface area contributed by atoms with Crippen LogP contribution in [0.1, 0.15) is 54.4 Å². The second-order valence-electron chi connectivity index (χ2n) is 19.6. The summed E-state index contributed by atoms with van der Waals surface area (Å²) >= 11 is 0. The fourth-order valence-electron chi connectivity index (χ4n) is 7.75. The number of benzene rings is 4. The maximum absolute atomic E-state index is 2.64. The van der Waals surface area contributed by atoms with E-state index < -0.39 is 32.3 Å². The monoisotopic (exact) mass is 754 g/mol. The number of allylic oxidation sites excluding steroid dienone is 2. The van der Waals surface area contributed by atoms with Crippen molar-refractivity contribution in [3.63, 3.8) is 0 Å². The zero-order chi connectivity index (χ0) is 37.1. The van der Waals surface area contributed by atoms with Gasteiger partial charge >= 0.3 is 0 Å². The zero-order valence-electron chi connectivity index (χ0n) is 34.0. The van der Waals surface area contributed by atoms with Crippen molar-refractivity contribution >= 4 is 74.7 Å². The van der Waals surface area contributed by atoms with E-state index in [1.54, 1.807) is 36.7 Å². The molecule has 0 aliphatic heterocycles. The molecule has 6 rings (SSSR count). The Hall–Kier alpha value is -2.56. The third kappa shape index (κ3) is 8.18. The molecule has 0 N–H and O–H groups in total. The van der Waals surface area contributed by atoms with Crippen LogP contribution in [0, 0.1) is 0 Å². The van der Waals surface area contributed by atoms with Crippen LogP contribution in [0.3, 0.4) is 0 Å². The zero-order valence-corrected chi connectivity index (χ0v) is 39.0. The van der Waals surface area contributed by atoms with Crippen molar-refractivity contribution in [2.75, 3.05) is 0 Å². The molecule has 0 bridgehead atoms. The normalized spacial score (nSPS) is 16.2. The third-order valence-corrected chi connectivity index (χ3v) is 20.7. The summed E-state index contributed by atoms with van der Waals surface area (Å²) in [7, 11) is -5.18. The number of unbranched alkanes of at least 4 members (excludes halogenated alkanes) is 1. The van der Waals surface area contributed by atoms with Crippen molar-refractivity contribution in [2.45, 2.75) is 117 Å². The lowest BCUT2D eigenvalue weighted by Gasteiger charge is -2.25. The highest BCUT2D eigenvalue weighted by Crippen LogP contribution is 2.45. The molecule has 0 aromatic heterocycles. The van der Waals surface area contributed by atoms with E-state index in [0.29, 0.717) is 5.92 Å². The summed E-state index contributed by atoms with van der Waals surface area (Å²) in [6.45, 7) is 32.3. The number of hydrogen-bond acceptors (Lipinski definition) is 0. The molecular formula is C46H62Si5. The molecule has 0 saturated carbocycles. The van der Waals surface area contributed by atoms with Crippen LogP contribution in [-0.2, 0) is 6.42 Å². The highest BCUT2D eigenvalue weighted by Gasteiger charge is 2.31. The lowest BCUT2D eigenvalue weighted by molar-refractivity contribution is 0.663. The Morgan fingerprint density at radius 2 is 1.04 bits per heavy atom. The van der Waals surface area contributed by atoms with Gasteiger partial charge in [0.15, 0.2) is 0 Å². The molecule has 2 radical (unpaired) electrons. The minimum absolute atomic E-state index is 0.520. The summed E-state index contributed by atoms with van der Waals surface area (Å²) in [5, 5.41) is 9.63. The molecule has 0 fully saturated rings. The predicted molar refractivity (Wildman–Crippen MR) is 243 cm³/mol. The molecule has 0 amide bonds. The molecule has 4 aromatic carbocycles. The van der Waals surface area contributed by atoms with Crippen molar-refractivity contribution in [3.8, 4) is 22.3 Å². The standard InChI is InChI=1S/C46H62Si5/c1-14-15-19-43-42-22-17-21-41(34-26-38(50(8,9)10)30-39(27-34)51(11,12)13)45(42)31-46(43)47-35-23-32-18-16-20-40(44(32)28-35)33-24-36(48(2,3)4)29-37(25-33)49(5,6)7/h16-18,20-22,24-31,43H,14-15,19,23H2,1-13H3. The quantitative estimate of drug-likeness (QED) is 0.134. The summed E-state index contributed by atoms with van der Waals surface area (Å²) in [6.07, 6.45) is 10.1.